The molecule has 0 fully saturated rings. The van der Waals surface area contributed by atoms with Gasteiger partial charge in [-0.1, -0.05) is 16.3 Å². The minimum atomic E-state index is 0.339. The normalized spacial score (nSPS) is 9.33. The number of hydrogen-bond acceptors (Lipinski definition) is 5. The monoisotopic (exact) mass is 159 g/mol. The molecule has 1 rings (SSSR count). The molecule has 0 aliphatic carbocycles. The van der Waals surface area contributed by atoms with Crippen molar-refractivity contribution < 1.29 is 4.79 Å². The Morgan fingerprint density at radius 2 is 2.78 bits per heavy atom. The van der Waals surface area contributed by atoms with Crippen LogP contribution in [0.2, 0.25) is 0 Å². The lowest BCUT2D eigenvalue weighted by Gasteiger charge is -1.81. The van der Waals surface area contributed by atoms with Crippen LogP contribution in [-0.2, 0) is 4.79 Å². The van der Waals surface area contributed by atoms with Gasteiger partial charge in [0.05, 0.1) is 5.75 Å². The van der Waals surface area contributed by atoms with Crippen LogP contribution in [0.5, 0.6) is 0 Å². The molecular weight excluding hydrogens is 156 g/mol. The zero-order valence-electron chi connectivity index (χ0n) is 4.40. The van der Waals surface area contributed by atoms with Gasteiger partial charge in [0.25, 0.3) is 0 Å². The van der Waals surface area contributed by atoms with Gasteiger partial charge in [-0.05, 0) is 11.5 Å². The van der Waals surface area contributed by atoms with Crippen molar-refractivity contribution >= 4 is 29.6 Å². The Morgan fingerprint density at radius 3 is 3.33 bits per heavy atom. The molecule has 0 aliphatic heterocycles. The highest BCUT2D eigenvalue weighted by Gasteiger charge is 1.93. The summed E-state index contributed by atoms with van der Waals surface area (Å²) in [5.74, 6) is 0.339. The molecule has 0 aliphatic rings. The summed E-state index contributed by atoms with van der Waals surface area (Å²) >= 11 is 2.62. The second kappa shape index (κ2) is 3.58. The van der Waals surface area contributed by atoms with E-state index in [1.54, 1.807) is 11.7 Å². The van der Waals surface area contributed by atoms with E-state index in [2.05, 4.69) is 9.59 Å². The summed E-state index contributed by atoms with van der Waals surface area (Å²) in [5.41, 5.74) is 0. The average molecular weight is 159 g/mol. The fourth-order valence-electron chi connectivity index (χ4n) is 0.322. The van der Waals surface area contributed by atoms with E-state index in [1.807, 2.05) is 0 Å². The van der Waals surface area contributed by atoms with Crippen molar-refractivity contribution in [3.8, 4) is 0 Å². The number of aromatic nitrogens is 2. The summed E-state index contributed by atoms with van der Waals surface area (Å²) in [7, 11) is 0. The van der Waals surface area contributed by atoms with Gasteiger partial charge in [0.2, 0.25) is 6.29 Å². The number of nitrogens with zero attached hydrogens (tertiary/aromatic N) is 2. The van der Waals surface area contributed by atoms with Crippen LogP contribution >= 0.6 is 23.3 Å². The van der Waals surface area contributed by atoms with Crippen molar-refractivity contribution in [3.63, 3.8) is 0 Å². The second-order valence-corrected chi connectivity index (χ2v) is 2.78. The zero-order chi connectivity index (χ0) is 6.53. The van der Waals surface area contributed by atoms with Gasteiger partial charge in [0.15, 0.2) is 0 Å². The van der Waals surface area contributed by atoms with Gasteiger partial charge < -0.3 is 0 Å². The third-order valence-corrected chi connectivity index (χ3v) is 2.03. The maximum atomic E-state index is 9.71. The highest BCUT2D eigenvalue weighted by molar-refractivity contribution is 7.99. The minimum absolute atomic E-state index is 0.339. The Bertz CT molecular complexity index is 175. The lowest BCUT2D eigenvalue weighted by Crippen LogP contribution is -1.77. The third kappa shape index (κ3) is 2.11. The van der Waals surface area contributed by atoms with Gasteiger partial charge in [0, 0.05) is 5.38 Å². The van der Waals surface area contributed by atoms with Crippen LogP contribution < -0.4 is 0 Å². The largest absolute Gasteiger partial charge is 0.290 e. The fraction of sp³-hybridized carbons (Fsp3) is 0.250. The van der Waals surface area contributed by atoms with Gasteiger partial charge in [-0.25, -0.2) is 0 Å². The molecule has 9 heavy (non-hydrogen) atoms. The number of hydrogen-bond donors (Lipinski definition) is 0. The molecule has 0 bridgehead atoms. The number of thioether (sulfide) groups is 1. The van der Waals surface area contributed by atoms with Crippen molar-refractivity contribution in [3.05, 3.63) is 5.38 Å². The van der Waals surface area contributed by atoms with Gasteiger partial charge in [-0.15, -0.1) is 5.10 Å². The van der Waals surface area contributed by atoms with E-state index in [1.165, 1.54) is 23.3 Å². The Labute approximate surface area is 60.6 Å². The Kier molecular flexibility index (Phi) is 2.66. The first-order valence-corrected chi connectivity index (χ1v) is 4.00. The Morgan fingerprint density at radius 1 is 1.89 bits per heavy atom. The zero-order valence-corrected chi connectivity index (χ0v) is 6.04. The van der Waals surface area contributed by atoms with Crippen molar-refractivity contribution in [1.29, 1.82) is 0 Å². The van der Waals surface area contributed by atoms with Crippen molar-refractivity contribution in [1.82, 2.24) is 9.59 Å². The first kappa shape index (κ1) is 6.70. The van der Waals surface area contributed by atoms with Gasteiger partial charge in [-0.2, -0.15) is 0 Å². The predicted octanol–water partition coefficient (Wildman–Crippen LogP) is 0.740. The van der Waals surface area contributed by atoms with E-state index in [4.69, 9.17) is 0 Å². The lowest BCUT2D eigenvalue weighted by atomic mass is 10.9. The van der Waals surface area contributed by atoms with Crippen LogP contribution in [0.25, 0.3) is 0 Å². The van der Waals surface area contributed by atoms with Crippen molar-refractivity contribution in [2.24, 2.45) is 0 Å². The van der Waals surface area contributed by atoms with E-state index in [9.17, 15) is 4.79 Å². The molecule has 47 valence electrons. The molecule has 1 aromatic rings. The highest BCUT2D eigenvalue weighted by atomic mass is 32.2. The molecule has 0 amide bonds. The summed E-state index contributed by atoms with van der Waals surface area (Å²) in [6, 6.07) is 0. The molecule has 0 saturated heterocycles. The summed E-state index contributed by atoms with van der Waals surface area (Å²) in [4.78, 5) is 9.71. The van der Waals surface area contributed by atoms with Crippen LogP contribution in [0.15, 0.2) is 10.4 Å². The van der Waals surface area contributed by atoms with Crippen LogP contribution in [0.3, 0.4) is 0 Å². The summed E-state index contributed by atoms with van der Waals surface area (Å²) < 4.78 is 3.62. The fourth-order valence-corrected chi connectivity index (χ4v) is 1.40. The molecule has 0 spiro atoms. The molecule has 3 nitrogen and oxygen atoms in total. The van der Waals surface area contributed by atoms with E-state index < -0.39 is 0 Å². The first-order valence-electron chi connectivity index (χ1n) is 2.18. The molecule has 5 heteroatoms. The van der Waals surface area contributed by atoms with E-state index in [-0.39, 0.29) is 0 Å². The first-order chi connectivity index (χ1) is 4.43. The highest BCUT2D eigenvalue weighted by Crippen LogP contribution is 2.13. The molecule has 0 aromatic carbocycles. The molecule has 0 unspecified atom stereocenters. The quantitative estimate of drug-likeness (QED) is 0.610. The summed E-state index contributed by atoms with van der Waals surface area (Å²) in [5, 5.41) is 6.29. The van der Waals surface area contributed by atoms with Crippen LogP contribution in [0.4, 0.5) is 0 Å². The third-order valence-electron chi connectivity index (χ3n) is 0.619. The molecule has 1 heterocycles. The summed E-state index contributed by atoms with van der Waals surface area (Å²) in [6.07, 6.45) is 1.76. The predicted molar refractivity (Wildman–Crippen MR) is 36.3 cm³/mol. The van der Waals surface area contributed by atoms with Crippen LogP contribution in [0, 0.1) is 0 Å². The Balaban J connectivity index is 2.38. The van der Waals surface area contributed by atoms with E-state index >= 15 is 0 Å². The summed E-state index contributed by atoms with van der Waals surface area (Å²) in [6.45, 7) is 0. The molecule has 0 N–H and O–H groups in total. The molecule has 1 radical (unpaired) electrons. The molecular formula is C4H3N2OS2. The number of carbonyl (C=O) groups excluding carboxylic acids is 1. The van der Waals surface area contributed by atoms with Gasteiger partial charge in [-0.3, -0.25) is 4.79 Å². The molecule has 0 saturated carbocycles. The van der Waals surface area contributed by atoms with E-state index in [0.29, 0.717) is 5.75 Å². The maximum Gasteiger partial charge on any atom is 0.209 e. The van der Waals surface area contributed by atoms with E-state index in [0.717, 1.165) is 5.03 Å². The lowest BCUT2D eigenvalue weighted by molar-refractivity contribution is 0.560. The van der Waals surface area contributed by atoms with Gasteiger partial charge in [0.1, 0.15) is 5.03 Å². The van der Waals surface area contributed by atoms with Crippen LogP contribution in [-0.4, -0.2) is 21.6 Å². The standard InChI is InChI=1S/C4H3N2OS2/c7-1-2-8-4-3-9-6-5-4/h3H,2H2. The van der Waals surface area contributed by atoms with Gasteiger partial charge >= 0.3 is 0 Å². The molecule has 1 aromatic heterocycles. The average Bonchev–Trinajstić information content (AvgIpc) is 2.34. The smallest absolute Gasteiger partial charge is 0.209 e. The topological polar surface area (TPSA) is 42.9 Å². The number of rotatable bonds is 3. The maximum absolute atomic E-state index is 9.71. The minimum Gasteiger partial charge on any atom is -0.290 e. The van der Waals surface area contributed by atoms with Crippen molar-refractivity contribution in [2.45, 2.75) is 5.03 Å². The van der Waals surface area contributed by atoms with Crippen LogP contribution in [0.1, 0.15) is 0 Å². The van der Waals surface area contributed by atoms with Crippen molar-refractivity contribution in [2.75, 3.05) is 5.75 Å². The Hall–Kier alpha value is -0.420. The second-order valence-electron chi connectivity index (χ2n) is 1.18. The molecule has 0 atom stereocenters. The SMILES string of the molecule is O=[C]CSc1csnn1.